The zero-order chi connectivity index (χ0) is 11.3. The van der Waals surface area contributed by atoms with E-state index in [1.807, 2.05) is 0 Å². The lowest BCUT2D eigenvalue weighted by Crippen LogP contribution is -2.32. The van der Waals surface area contributed by atoms with Crippen LogP contribution in [0.15, 0.2) is 11.6 Å². The molecule has 0 spiro atoms. The normalized spacial score (nSPS) is 40.4. The molecule has 0 aromatic carbocycles. The van der Waals surface area contributed by atoms with Crippen LogP contribution in [0.4, 0.5) is 0 Å². The third-order valence-corrected chi connectivity index (χ3v) is 5.02. The maximum atomic E-state index is 12.3. The highest BCUT2D eigenvalue weighted by Gasteiger charge is 2.63. The SMILES string of the molecule is CCC/C=C1/C(=O)[C@]2(C)CC[C@H]1C2(C)C. The van der Waals surface area contributed by atoms with Crippen molar-refractivity contribution >= 4 is 5.78 Å². The molecule has 0 aromatic heterocycles. The minimum absolute atomic E-state index is 0.0722. The number of hydrogen-bond acceptors (Lipinski definition) is 1. The molecule has 2 bridgehead atoms. The fourth-order valence-electron chi connectivity index (χ4n) is 3.46. The Morgan fingerprint density at radius 1 is 1.40 bits per heavy atom. The van der Waals surface area contributed by atoms with E-state index in [9.17, 15) is 4.79 Å². The van der Waals surface area contributed by atoms with Gasteiger partial charge in [-0.3, -0.25) is 4.79 Å². The van der Waals surface area contributed by atoms with Crippen LogP contribution in [0.5, 0.6) is 0 Å². The molecule has 1 nitrogen and oxygen atoms in total. The molecule has 0 unspecified atom stereocenters. The van der Waals surface area contributed by atoms with Crippen molar-refractivity contribution in [2.75, 3.05) is 0 Å². The van der Waals surface area contributed by atoms with Gasteiger partial charge in [-0.2, -0.15) is 0 Å². The van der Waals surface area contributed by atoms with Crippen molar-refractivity contribution in [1.82, 2.24) is 0 Å². The van der Waals surface area contributed by atoms with E-state index in [0.717, 1.165) is 24.8 Å². The minimum Gasteiger partial charge on any atom is -0.294 e. The fraction of sp³-hybridized carbons (Fsp3) is 0.786. The molecule has 2 aliphatic rings. The van der Waals surface area contributed by atoms with Crippen molar-refractivity contribution in [1.29, 1.82) is 0 Å². The molecule has 0 amide bonds. The smallest absolute Gasteiger partial charge is 0.165 e. The zero-order valence-electron chi connectivity index (χ0n) is 10.4. The van der Waals surface area contributed by atoms with Crippen molar-refractivity contribution < 1.29 is 4.79 Å². The van der Waals surface area contributed by atoms with Gasteiger partial charge in [-0.1, -0.05) is 40.2 Å². The van der Waals surface area contributed by atoms with Crippen LogP contribution in [0.3, 0.4) is 0 Å². The lowest BCUT2D eigenvalue weighted by molar-refractivity contribution is -0.125. The number of carbonyl (C=O) groups excluding carboxylic acids is 1. The standard InChI is InChI=1S/C14H22O/c1-5-6-7-10-11-8-9-14(4,12(10)15)13(11,2)3/h7,11H,5-6,8-9H2,1-4H3/b10-7+/t11-,14+/m1/s1. The Morgan fingerprint density at radius 3 is 2.53 bits per heavy atom. The quantitative estimate of drug-likeness (QED) is 0.629. The van der Waals surface area contributed by atoms with Crippen LogP contribution in [-0.2, 0) is 4.79 Å². The second-order valence-electron chi connectivity index (χ2n) is 5.92. The number of carbonyl (C=O) groups is 1. The summed E-state index contributed by atoms with van der Waals surface area (Å²) in [4.78, 5) is 12.3. The lowest BCUT2D eigenvalue weighted by atomic mass is 9.70. The van der Waals surface area contributed by atoms with Crippen molar-refractivity contribution in [3.05, 3.63) is 11.6 Å². The number of Topliss-reactive ketones (excluding diaryl/α,β-unsaturated/α-hetero) is 1. The van der Waals surface area contributed by atoms with E-state index in [1.165, 1.54) is 6.42 Å². The van der Waals surface area contributed by atoms with Crippen LogP contribution in [0, 0.1) is 16.7 Å². The third kappa shape index (κ3) is 1.18. The fourth-order valence-corrected chi connectivity index (χ4v) is 3.46. The summed E-state index contributed by atoms with van der Waals surface area (Å²) in [7, 11) is 0. The summed E-state index contributed by atoms with van der Waals surface area (Å²) in [6, 6.07) is 0. The average Bonchev–Trinajstić information content (AvgIpc) is 2.48. The second-order valence-corrected chi connectivity index (χ2v) is 5.92. The molecule has 0 radical (unpaired) electrons. The van der Waals surface area contributed by atoms with Gasteiger partial charge in [0.15, 0.2) is 5.78 Å². The molecule has 0 saturated heterocycles. The average molecular weight is 206 g/mol. The number of ketones is 1. The Balaban J connectivity index is 2.38. The molecule has 2 aliphatic carbocycles. The first kappa shape index (κ1) is 10.9. The van der Waals surface area contributed by atoms with Crippen LogP contribution in [0.2, 0.25) is 0 Å². The molecule has 2 fully saturated rings. The summed E-state index contributed by atoms with van der Waals surface area (Å²) in [5.41, 5.74) is 1.26. The van der Waals surface area contributed by atoms with Gasteiger partial charge in [-0.05, 0) is 36.2 Å². The van der Waals surface area contributed by atoms with Gasteiger partial charge in [0.1, 0.15) is 0 Å². The van der Waals surface area contributed by atoms with Gasteiger partial charge in [0.25, 0.3) is 0 Å². The third-order valence-electron chi connectivity index (χ3n) is 5.02. The van der Waals surface area contributed by atoms with E-state index in [0.29, 0.717) is 11.7 Å². The van der Waals surface area contributed by atoms with E-state index < -0.39 is 0 Å². The first-order valence-corrected chi connectivity index (χ1v) is 6.20. The van der Waals surface area contributed by atoms with E-state index in [1.54, 1.807) is 0 Å². The van der Waals surface area contributed by atoms with Crippen LogP contribution < -0.4 is 0 Å². The van der Waals surface area contributed by atoms with Gasteiger partial charge < -0.3 is 0 Å². The number of unbranched alkanes of at least 4 members (excludes halogenated alkanes) is 1. The topological polar surface area (TPSA) is 17.1 Å². The molecule has 0 aliphatic heterocycles. The summed E-state index contributed by atoms with van der Waals surface area (Å²) in [5, 5.41) is 0. The molecule has 2 atom stereocenters. The molecule has 2 rings (SSSR count). The first-order chi connectivity index (χ1) is 6.95. The first-order valence-electron chi connectivity index (χ1n) is 6.20. The Hall–Kier alpha value is -0.590. The van der Waals surface area contributed by atoms with E-state index in [-0.39, 0.29) is 10.8 Å². The Labute approximate surface area is 92.9 Å². The van der Waals surface area contributed by atoms with E-state index in [2.05, 4.69) is 33.8 Å². The lowest BCUT2D eigenvalue weighted by Gasteiger charge is -2.31. The molecular formula is C14H22O. The van der Waals surface area contributed by atoms with Crippen molar-refractivity contribution in [3.63, 3.8) is 0 Å². The number of rotatable bonds is 2. The van der Waals surface area contributed by atoms with E-state index in [4.69, 9.17) is 0 Å². The second kappa shape index (κ2) is 3.20. The van der Waals surface area contributed by atoms with Gasteiger partial charge in [-0.25, -0.2) is 0 Å². The monoisotopic (exact) mass is 206 g/mol. The number of fused-ring (bicyclic) bond motifs is 2. The predicted octanol–water partition coefficient (Wildman–Crippen LogP) is 3.74. The zero-order valence-corrected chi connectivity index (χ0v) is 10.4. The molecule has 2 saturated carbocycles. The highest BCUT2D eigenvalue weighted by atomic mass is 16.1. The molecular weight excluding hydrogens is 184 g/mol. The predicted molar refractivity (Wildman–Crippen MR) is 62.6 cm³/mol. The van der Waals surface area contributed by atoms with Gasteiger partial charge >= 0.3 is 0 Å². The Morgan fingerprint density at radius 2 is 2.07 bits per heavy atom. The summed E-state index contributed by atoms with van der Waals surface area (Å²) >= 11 is 0. The highest BCUT2D eigenvalue weighted by Crippen LogP contribution is 2.65. The summed E-state index contributed by atoms with van der Waals surface area (Å²) in [5.74, 6) is 0.971. The van der Waals surface area contributed by atoms with Crippen molar-refractivity contribution in [3.8, 4) is 0 Å². The van der Waals surface area contributed by atoms with Gasteiger partial charge in [0, 0.05) is 5.41 Å². The van der Waals surface area contributed by atoms with Crippen LogP contribution in [-0.4, -0.2) is 5.78 Å². The van der Waals surface area contributed by atoms with Crippen LogP contribution in [0.1, 0.15) is 53.4 Å². The largest absolute Gasteiger partial charge is 0.294 e. The molecule has 0 aromatic rings. The molecule has 0 heterocycles. The molecule has 84 valence electrons. The Bertz CT molecular complexity index is 324. The number of hydrogen-bond donors (Lipinski definition) is 0. The van der Waals surface area contributed by atoms with Crippen LogP contribution in [0.25, 0.3) is 0 Å². The maximum Gasteiger partial charge on any atom is 0.165 e. The van der Waals surface area contributed by atoms with Crippen LogP contribution >= 0.6 is 0 Å². The highest BCUT2D eigenvalue weighted by molar-refractivity contribution is 6.04. The summed E-state index contributed by atoms with van der Waals surface area (Å²) < 4.78 is 0. The van der Waals surface area contributed by atoms with Crippen molar-refractivity contribution in [2.24, 2.45) is 16.7 Å². The number of allylic oxidation sites excluding steroid dienone is 2. The van der Waals surface area contributed by atoms with Crippen molar-refractivity contribution in [2.45, 2.75) is 53.4 Å². The summed E-state index contributed by atoms with van der Waals surface area (Å²) in [6.07, 6.45) is 6.71. The molecule has 0 N–H and O–H groups in total. The minimum atomic E-state index is -0.0722. The van der Waals surface area contributed by atoms with Gasteiger partial charge in [0.2, 0.25) is 0 Å². The van der Waals surface area contributed by atoms with Gasteiger partial charge in [-0.15, -0.1) is 0 Å². The maximum absolute atomic E-state index is 12.3. The van der Waals surface area contributed by atoms with Gasteiger partial charge in [0.05, 0.1) is 0 Å². The Kier molecular flexibility index (Phi) is 2.33. The molecule has 15 heavy (non-hydrogen) atoms. The van der Waals surface area contributed by atoms with E-state index >= 15 is 0 Å². The molecule has 1 heteroatoms. The summed E-state index contributed by atoms with van der Waals surface area (Å²) in [6.45, 7) is 8.88.